The van der Waals surface area contributed by atoms with Crippen LogP contribution in [0.2, 0.25) is 0 Å². The molecule has 0 aromatic carbocycles. The van der Waals surface area contributed by atoms with Crippen LogP contribution in [0.5, 0.6) is 0 Å². The van der Waals surface area contributed by atoms with E-state index in [9.17, 15) is 0 Å². The largest absolute Gasteiger partial charge is 0.425 e. The molecule has 0 unspecified atom stereocenters. The fourth-order valence-corrected chi connectivity index (χ4v) is 1.06. The molecule has 0 spiro atoms. The van der Waals surface area contributed by atoms with Gasteiger partial charge in [0.1, 0.15) is 0 Å². The van der Waals surface area contributed by atoms with Crippen molar-refractivity contribution in [2.45, 2.75) is 32.6 Å². The van der Waals surface area contributed by atoms with Gasteiger partial charge in [0, 0.05) is 18.7 Å². The number of hydrogen-bond acceptors (Lipinski definition) is 3. The van der Waals surface area contributed by atoms with Crippen molar-refractivity contribution in [1.29, 1.82) is 0 Å². The highest BCUT2D eigenvalue weighted by Crippen LogP contribution is 2.04. The summed E-state index contributed by atoms with van der Waals surface area (Å²) in [4.78, 5) is 0. The zero-order valence-corrected chi connectivity index (χ0v) is 7.97. The molecule has 0 atom stereocenters. The molecule has 0 bridgehead atoms. The molecule has 0 aliphatic carbocycles. The fraction of sp³-hybridized carbons (Fsp3) is 0.750. The Balaban J connectivity index is 2.41. The van der Waals surface area contributed by atoms with E-state index in [1.807, 2.05) is 0 Å². The van der Waals surface area contributed by atoms with Gasteiger partial charge >= 0.3 is 0 Å². The molecule has 0 aliphatic heterocycles. The third-order valence-corrected chi connectivity index (χ3v) is 1.76. The van der Waals surface area contributed by atoms with Crippen molar-refractivity contribution < 1.29 is 4.42 Å². The normalized spacial score (nSPS) is 10.5. The molecule has 0 fully saturated rings. The van der Waals surface area contributed by atoms with Crippen molar-refractivity contribution in [3.63, 3.8) is 0 Å². The van der Waals surface area contributed by atoms with Gasteiger partial charge in [0.05, 0.1) is 0 Å². The van der Waals surface area contributed by atoms with Crippen LogP contribution in [-0.4, -0.2) is 16.1 Å². The molecule has 1 aromatic heterocycles. The summed E-state index contributed by atoms with van der Waals surface area (Å²) in [5.41, 5.74) is 0. The second-order valence-corrected chi connectivity index (χ2v) is 3.01. The molecule has 1 heterocycles. The summed E-state index contributed by atoms with van der Waals surface area (Å²) in [7, 11) is 0. The first kappa shape index (κ1) is 9.52. The highest BCUT2D eigenvalue weighted by molar-refractivity contribution is 6.17. The minimum absolute atomic E-state index is 0.644. The van der Waals surface area contributed by atoms with Crippen LogP contribution in [0.25, 0.3) is 0 Å². The second kappa shape index (κ2) is 5.14. The van der Waals surface area contributed by atoms with E-state index in [1.54, 1.807) is 0 Å². The number of nitrogens with zero attached hydrogens (tertiary/aromatic N) is 2. The molecule has 0 saturated carbocycles. The van der Waals surface area contributed by atoms with Crippen LogP contribution in [0.15, 0.2) is 4.42 Å². The van der Waals surface area contributed by atoms with Crippen molar-refractivity contribution in [1.82, 2.24) is 10.2 Å². The lowest BCUT2D eigenvalue weighted by atomic mass is 10.3. The van der Waals surface area contributed by atoms with E-state index in [4.69, 9.17) is 16.0 Å². The summed E-state index contributed by atoms with van der Waals surface area (Å²) in [6.07, 6.45) is 3.60. The van der Waals surface area contributed by atoms with Crippen molar-refractivity contribution in [2.24, 2.45) is 0 Å². The lowest BCUT2D eigenvalue weighted by molar-refractivity contribution is 0.445. The maximum atomic E-state index is 5.53. The molecule has 68 valence electrons. The van der Waals surface area contributed by atoms with Gasteiger partial charge in [-0.1, -0.05) is 6.92 Å². The third-order valence-electron chi connectivity index (χ3n) is 1.50. The van der Waals surface area contributed by atoms with Crippen molar-refractivity contribution in [2.75, 3.05) is 5.88 Å². The number of alkyl halides is 1. The maximum Gasteiger partial charge on any atom is 0.216 e. The topological polar surface area (TPSA) is 38.9 Å². The quantitative estimate of drug-likeness (QED) is 0.665. The second-order valence-electron chi connectivity index (χ2n) is 2.63. The first-order valence-electron chi connectivity index (χ1n) is 4.24. The average Bonchev–Trinajstić information content (AvgIpc) is 2.50. The highest BCUT2D eigenvalue weighted by atomic mass is 35.5. The minimum atomic E-state index is 0.644. The summed E-state index contributed by atoms with van der Waals surface area (Å²) in [6, 6.07) is 0. The predicted molar refractivity (Wildman–Crippen MR) is 47.3 cm³/mol. The van der Waals surface area contributed by atoms with E-state index >= 15 is 0 Å². The standard InChI is InChI=1S/C8H13ClN2O/c1-2-4-7-10-11-8(12-7)5-3-6-9/h2-6H2,1H3. The van der Waals surface area contributed by atoms with Crippen molar-refractivity contribution in [3.05, 3.63) is 11.8 Å². The van der Waals surface area contributed by atoms with E-state index in [0.29, 0.717) is 11.8 Å². The maximum absolute atomic E-state index is 5.53. The van der Waals surface area contributed by atoms with Gasteiger partial charge in [-0.15, -0.1) is 21.8 Å². The first-order chi connectivity index (χ1) is 5.86. The van der Waals surface area contributed by atoms with Gasteiger partial charge in [-0.25, -0.2) is 0 Å². The van der Waals surface area contributed by atoms with Crippen LogP contribution in [0.4, 0.5) is 0 Å². The van der Waals surface area contributed by atoms with Gasteiger partial charge in [-0.05, 0) is 12.8 Å². The van der Waals surface area contributed by atoms with Crippen LogP contribution >= 0.6 is 11.6 Å². The van der Waals surface area contributed by atoms with Gasteiger partial charge in [-0.3, -0.25) is 0 Å². The Labute approximate surface area is 77.1 Å². The van der Waals surface area contributed by atoms with E-state index < -0.39 is 0 Å². The van der Waals surface area contributed by atoms with Crippen LogP contribution in [-0.2, 0) is 12.8 Å². The Kier molecular flexibility index (Phi) is 4.08. The van der Waals surface area contributed by atoms with Gasteiger partial charge in [0.2, 0.25) is 11.8 Å². The van der Waals surface area contributed by atoms with E-state index in [1.165, 1.54) is 0 Å². The number of hydrogen-bond donors (Lipinski definition) is 0. The molecule has 0 amide bonds. The predicted octanol–water partition coefficient (Wildman–Crippen LogP) is 2.19. The zero-order valence-electron chi connectivity index (χ0n) is 7.22. The fourth-order valence-electron chi connectivity index (χ4n) is 0.922. The van der Waals surface area contributed by atoms with E-state index in [2.05, 4.69) is 17.1 Å². The smallest absolute Gasteiger partial charge is 0.216 e. The number of halogens is 1. The molecule has 12 heavy (non-hydrogen) atoms. The first-order valence-corrected chi connectivity index (χ1v) is 4.77. The monoisotopic (exact) mass is 188 g/mol. The molecule has 1 rings (SSSR count). The average molecular weight is 189 g/mol. The number of aromatic nitrogens is 2. The lowest BCUT2D eigenvalue weighted by Crippen LogP contribution is -1.85. The van der Waals surface area contributed by atoms with Crippen LogP contribution in [0.1, 0.15) is 31.5 Å². The Hall–Kier alpha value is -0.570. The van der Waals surface area contributed by atoms with Crippen LogP contribution in [0, 0.1) is 0 Å². The van der Waals surface area contributed by atoms with Crippen LogP contribution in [0.3, 0.4) is 0 Å². The van der Waals surface area contributed by atoms with Gasteiger partial charge in [0.15, 0.2) is 0 Å². The molecular weight excluding hydrogens is 176 g/mol. The van der Waals surface area contributed by atoms with E-state index in [0.717, 1.165) is 31.6 Å². The zero-order chi connectivity index (χ0) is 8.81. The molecule has 0 saturated heterocycles. The molecule has 0 aliphatic rings. The molecule has 1 aromatic rings. The Morgan fingerprint density at radius 1 is 1.25 bits per heavy atom. The van der Waals surface area contributed by atoms with E-state index in [-0.39, 0.29) is 0 Å². The third kappa shape index (κ3) is 2.81. The summed E-state index contributed by atoms with van der Waals surface area (Å²) >= 11 is 5.53. The van der Waals surface area contributed by atoms with Crippen LogP contribution < -0.4 is 0 Å². The van der Waals surface area contributed by atoms with Gasteiger partial charge < -0.3 is 4.42 Å². The summed E-state index contributed by atoms with van der Waals surface area (Å²) in [5.74, 6) is 2.09. The SMILES string of the molecule is CCCc1nnc(CCCCl)o1. The number of rotatable bonds is 5. The molecule has 4 heteroatoms. The van der Waals surface area contributed by atoms with Crippen molar-refractivity contribution >= 4 is 11.6 Å². The van der Waals surface area contributed by atoms with Gasteiger partial charge in [-0.2, -0.15) is 0 Å². The summed E-state index contributed by atoms with van der Waals surface area (Å²) in [5, 5.41) is 7.80. The molecule has 0 radical (unpaired) electrons. The molecular formula is C8H13ClN2O. The highest BCUT2D eigenvalue weighted by Gasteiger charge is 2.03. The lowest BCUT2D eigenvalue weighted by Gasteiger charge is -1.89. The molecule has 3 nitrogen and oxygen atoms in total. The Morgan fingerprint density at radius 2 is 1.92 bits per heavy atom. The minimum Gasteiger partial charge on any atom is -0.425 e. The Morgan fingerprint density at radius 3 is 2.50 bits per heavy atom. The Bertz CT molecular complexity index is 225. The molecule has 0 N–H and O–H groups in total. The van der Waals surface area contributed by atoms with Crippen molar-refractivity contribution in [3.8, 4) is 0 Å². The number of aryl methyl sites for hydroxylation is 2. The summed E-state index contributed by atoms with van der Waals surface area (Å²) < 4.78 is 5.35. The van der Waals surface area contributed by atoms with Gasteiger partial charge in [0.25, 0.3) is 0 Å². The summed E-state index contributed by atoms with van der Waals surface area (Å²) in [6.45, 7) is 2.09.